The maximum absolute atomic E-state index is 10.4. The molecule has 5 heteroatoms. The maximum atomic E-state index is 10.4. The van der Waals surface area contributed by atoms with Crippen molar-refractivity contribution in [1.29, 1.82) is 0 Å². The van der Waals surface area contributed by atoms with Crippen LogP contribution < -0.4 is 0 Å². The maximum Gasteiger partial charge on any atom is 0.303 e. The Morgan fingerprint density at radius 3 is 2.12 bits per heavy atom. The topological polar surface area (TPSA) is 82.7 Å². The molecule has 0 saturated heterocycles. The molecule has 0 amide bonds. The van der Waals surface area contributed by atoms with Crippen LogP contribution in [0.2, 0.25) is 0 Å². The average molecular weight is 239 g/mol. The number of aromatic hydroxyl groups is 2. The molecule has 0 aliphatic heterocycles. The van der Waals surface area contributed by atoms with Crippen molar-refractivity contribution in [3.8, 4) is 11.8 Å². The van der Waals surface area contributed by atoms with Gasteiger partial charge in [-0.05, 0) is 32.1 Å². The molecule has 2 rings (SSSR count). The molecular weight excluding hydrogens is 222 g/mol. The molecule has 1 aromatic heterocycles. The molecule has 1 aliphatic carbocycles. The van der Waals surface area contributed by atoms with E-state index in [1.807, 2.05) is 0 Å². The lowest BCUT2D eigenvalue weighted by atomic mass is 9.95. The minimum Gasteiger partial charge on any atom is -0.494 e. The fourth-order valence-corrected chi connectivity index (χ4v) is 2.43. The molecule has 0 unspecified atom stereocenters. The summed E-state index contributed by atoms with van der Waals surface area (Å²) in [4.78, 5) is 10.4. The Kier molecular flexibility index (Phi) is 3.26. The predicted octanol–water partition coefficient (Wildman–Crippen LogP) is 1.64. The van der Waals surface area contributed by atoms with Crippen LogP contribution in [-0.4, -0.2) is 25.9 Å². The van der Waals surface area contributed by atoms with Gasteiger partial charge in [0.25, 0.3) is 0 Å². The van der Waals surface area contributed by atoms with Crippen LogP contribution in [0.4, 0.5) is 0 Å². The standard InChI is InChI=1S/C12H17NO4/c14-10(15)6-3-7-13-11(16)8-4-1-2-5-9(8)12(13)17/h16-17H,1-7H2,(H,14,15). The third-order valence-corrected chi connectivity index (χ3v) is 3.29. The summed E-state index contributed by atoms with van der Waals surface area (Å²) in [6.07, 6.45) is 4.09. The first-order valence-corrected chi connectivity index (χ1v) is 5.95. The summed E-state index contributed by atoms with van der Waals surface area (Å²) >= 11 is 0. The van der Waals surface area contributed by atoms with Gasteiger partial charge in [-0.1, -0.05) is 0 Å². The number of carboxylic acid groups (broad SMARTS) is 1. The molecule has 1 heterocycles. The van der Waals surface area contributed by atoms with Crippen LogP contribution in [0, 0.1) is 0 Å². The largest absolute Gasteiger partial charge is 0.494 e. The van der Waals surface area contributed by atoms with Crippen molar-refractivity contribution in [1.82, 2.24) is 4.57 Å². The van der Waals surface area contributed by atoms with Gasteiger partial charge in [-0.25, -0.2) is 0 Å². The van der Waals surface area contributed by atoms with Crippen LogP contribution >= 0.6 is 0 Å². The quantitative estimate of drug-likeness (QED) is 0.746. The molecule has 94 valence electrons. The smallest absolute Gasteiger partial charge is 0.303 e. The minimum atomic E-state index is -0.860. The van der Waals surface area contributed by atoms with Gasteiger partial charge in [-0.15, -0.1) is 0 Å². The molecule has 0 radical (unpaired) electrons. The monoisotopic (exact) mass is 239 g/mol. The van der Waals surface area contributed by atoms with E-state index in [-0.39, 0.29) is 18.2 Å². The molecular formula is C12H17NO4. The summed E-state index contributed by atoms with van der Waals surface area (Å²) in [5.41, 5.74) is 1.67. The number of rotatable bonds is 4. The van der Waals surface area contributed by atoms with Gasteiger partial charge in [0, 0.05) is 24.1 Å². The van der Waals surface area contributed by atoms with Gasteiger partial charge < -0.3 is 15.3 Å². The van der Waals surface area contributed by atoms with Crippen molar-refractivity contribution in [3.05, 3.63) is 11.1 Å². The summed E-state index contributed by atoms with van der Waals surface area (Å²) in [7, 11) is 0. The van der Waals surface area contributed by atoms with Gasteiger partial charge in [0.05, 0.1) is 0 Å². The first-order chi connectivity index (χ1) is 8.11. The van der Waals surface area contributed by atoms with E-state index in [4.69, 9.17) is 5.11 Å². The van der Waals surface area contributed by atoms with E-state index in [1.54, 1.807) is 0 Å². The number of nitrogens with zero attached hydrogens (tertiary/aromatic N) is 1. The molecule has 0 saturated carbocycles. The van der Waals surface area contributed by atoms with Crippen LogP contribution in [0.3, 0.4) is 0 Å². The number of carboxylic acids is 1. The molecule has 5 nitrogen and oxygen atoms in total. The highest BCUT2D eigenvalue weighted by Gasteiger charge is 2.23. The first kappa shape index (κ1) is 11.8. The number of aliphatic carboxylic acids is 1. The highest BCUT2D eigenvalue weighted by molar-refractivity contribution is 5.66. The second-order valence-corrected chi connectivity index (χ2v) is 4.46. The lowest BCUT2D eigenvalue weighted by Crippen LogP contribution is -2.01. The Morgan fingerprint density at radius 1 is 1.12 bits per heavy atom. The molecule has 0 bridgehead atoms. The molecule has 0 spiro atoms. The summed E-state index contributed by atoms with van der Waals surface area (Å²) in [6, 6.07) is 0. The third-order valence-electron chi connectivity index (χ3n) is 3.29. The normalized spacial score (nSPS) is 14.6. The Labute approximate surface area is 99.3 Å². The second kappa shape index (κ2) is 4.69. The molecule has 0 atom stereocenters. The van der Waals surface area contributed by atoms with Gasteiger partial charge >= 0.3 is 5.97 Å². The van der Waals surface area contributed by atoms with Crippen LogP contribution in [0.15, 0.2) is 0 Å². The fourth-order valence-electron chi connectivity index (χ4n) is 2.43. The SMILES string of the molecule is O=C(O)CCCn1c(O)c2c(c1O)CCCC2. The highest BCUT2D eigenvalue weighted by Crippen LogP contribution is 2.38. The van der Waals surface area contributed by atoms with E-state index in [0.29, 0.717) is 13.0 Å². The zero-order chi connectivity index (χ0) is 12.4. The van der Waals surface area contributed by atoms with Crippen LogP contribution in [-0.2, 0) is 24.2 Å². The van der Waals surface area contributed by atoms with E-state index >= 15 is 0 Å². The average Bonchev–Trinajstić information content (AvgIpc) is 2.54. The Balaban J connectivity index is 2.16. The second-order valence-electron chi connectivity index (χ2n) is 4.46. The summed E-state index contributed by atoms with van der Waals surface area (Å²) in [5.74, 6) is -0.633. The van der Waals surface area contributed by atoms with Crippen LogP contribution in [0.5, 0.6) is 11.8 Å². The van der Waals surface area contributed by atoms with E-state index in [1.165, 1.54) is 4.57 Å². The Bertz CT molecular complexity index is 407. The van der Waals surface area contributed by atoms with Crippen molar-refractivity contribution in [2.24, 2.45) is 0 Å². The van der Waals surface area contributed by atoms with Crippen molar-refractivity contribution >= 4 is 5.97 Å². The van der Waals surface area contributed by atoms with E-state index in [9.17, 15) is 15.0 Å². The van der Waals surface area contributed by atoms with Crippen molar-refractivity contribution in [2.45, 2.75) is 45.1 Å². The summed E-state index contributed by atoms with van der Waals surface area (Å²) in [5, 5.41) is 28.5. The summed E-state index contributed by atoms with van der Waals surface area (Å²) in [6.45, 7) is 0.344. The zero-order valence-electron chi connectivity index (χ0n) is 9.65. The highest BCUT2D eigenvalue weighted by atomic mass is 16.4. The number of hydrogen-bond acceptors (Lipinski definition) is 3. The van der Waals surface area contributed by atoms with Crippen LogP contribution in [0.25, 0.3) is 0 Å². The Hall–Kier alpha value is -1.65. The Morgan fingerprint density at radius 2 is 1.65 bits per heavy atom. The molecule has 3 N–H and O–H groups in total. The molecule has 0 aromatic carbocycles. The van der Waals surface area contributed by atoms with Gasteiger partial charge in [0.1, 0.15) is 0 Å². The lowest BCUT2D eigenvalue weighted by Gasteiger charge is -2.09. The fraction of sp³-hybridized carbons (Fsp3) is 0.583. The minimum absolute atomic E-state index is 0.0434. The first-order valence-electron chi connectivity index (χ1n) is 5.95. The lowest BCUT2D eigenvalue weighted by molar-refractivity contribution is -0.137. The van der Waals surface area contributed by atoms with Gasteiger partial charge in [-0.3, -0.25) is 9.36 Å². The molecule has 0 fully saturated rings. The van der Waals surface area contributed by atoms with Crippen molar-refractivity contribution < 1.29 is 20.1 Å². The zero-order valence-corrected chi connectivity index (χ0v) is 9.65. The number of carbonyl (C=O) groups is 1. The van der Waals surface area contributed by atoms with E-state index < -0.39 is 5.97 Å². The predicted molar refractivity (Wildman–Crippen MR) is 61.3 cm³/mol. The van der Waals surface area contributed by atoms with Gasteiger partial charge in [0.15, 0.2) is 11.8 Å². The third kappa shape index (κ3) is 2.23. The number of aromatic nitrogens is 1. The molecule has 1 aliphatic rings. The van der Waals surface area contributed by atoms with Crippen molar-refractivity contribution in [3.63, 3.8) is 0 Å². The molecule has 17 heavy (non-hydrogen) atoms. The van der Waals surface area contributed by atoms with Gasteiger partial charge in [0.2, 0.25) is 0 Å². The van der Waals surface area contributed by atoms with E-state index in [2.05, 4.69) is 0 Å². The molecule has 1 aromatic rings. The number of fused-ring (bicyclic) bond motifs is 1. The summed E-state index contributed by atoms with van der Waals surface area (Å²) < 4.78 is 1.43. The van der Waals surface area contributed by atoms with Gasteiger partial charge in [-0.2, -0.15) is 0 Å². The van der Waals surface area contributed by atoms with Crippen molar-refractivity contribution in [2.75, 3.05) is 0 Å². The number of hydrogen-bond donors (Lipinski definition) is 3. The van der Waals surface area contributed by atoms with Crippen LogP contribution in [0.1, 0.15) is 36.8 Å². The van der Waals surface area contributed by atoms with E-state index in [0.717, 1.165) is 36.8 Å².